The molecule has 1 aromatic heterocycles. The van der Waals surface area contributed by atoms with Crippen LogP contribution in [0.4, 0.5) is 0 Å². The van der Waals surface area contributed by atoms with Gasteiger partial charge in [0.1, 0.15) is 15.6 Å². The molecule has 2 N–H and O–H groups in total. The molecule has 33 heavy (non-hydrogen) atoms. The number of nitrogens with zero attached hydrogens (tertiary/aromatic N) is 2. The van der Waals surface area contributed by atoms with Crippen LogP contribution in [0.25, 0.3) is 11.8 Å². The Hall–Kier alpha value is -2.88. The second kappa shape index (κ2) is 9.17. The maximum atomic E-state index is 13.1. The van der Waals surface area contributed by atoms with Gasteiger partial charge in [0.15, 0.2) is 0 Å². The van der Waals surface area contributed by atoms with E-state index >= 15 is 0 Å². The summed E-state index contributed by atoms with van der Waals surface area (Å²) in [5, 5.41) is 19.2. The number of hydrogen-bond donors (Lipinski definition) is 2. The van der Waals surface area contributed by atoms with E-state index in [2.05, 4.69) is 15.9 Å². The molecule has 6 nitrogen and oxygen atoms in total. The van der Waals surface area contributed by atoms with E-state index in [-0.39, 0.29) is 17.2 Å². The molecule has 0 spiro atoms. The highest BCUT2D eigenvalue weighted by atomic mass is 79.9. The molecule has 2 heterocycles. The minimum Gasteiger partial charge on any atom is -0.507 e. The molecule has 0 radical (unpaired) electrons. The first-order chi connectivity index (χ1) is 15.7. The van der Waals surface area contributed by atoms with Crippen molar-refractivity contribution < 1.29 is 19.8 Å². The largest absolute Gasteiger partial charge is 0.507 e. The molecule has 168 valence electrons. The molecule has 0 unspecified atom stereocenters. The van der Waals surface area contributed by atoms with Gasteiger partial charge in [0.25, 0.3) is 5.91 Å². The van der Waals surface area contributed by atoms with Crippen molar-refractivity contribution in [1.29, 1.82) is 0 Å². The van der Waals surface area contributed by atoms with E-state index in [0.29, 0.717) is 21.5 Å². The van der Waals surface area contributed by atoms with Crippen LogP contribution in [0.5, 0.6) is 5.75 Å². The average molecular weight is 543 g/mol. The number of aromatic hydroxyl groups is 1. The SMILES string of the molecule is Cc1cc(/C=C2\SC(=S)N(Cc3ccccc3Br)C2=O)c(C)n1-c1ccc(O)c(C(=O)O)c1. The van der Waals surface area contributed by atoms with E-state index < -0.39 is 5.97 Å². The molecule has 1 amide bonds. The fraction of sp³-hybridized carbons (Fsp3) is 0.125. The zero-order chi connectivity index (χ0) is 23.9. The fourth-order valence-corrected chi connectivity index (χ4v) is 5.40. The van der Waals surface area contributed by atoms with Crippen LogP contribution in [-0.4, -0.2) is 35.9 Å². The van der Waals surface area contributed by atoms with Crippen LogP contribution in [0.1, 0.15) is 32.9 Å². The van der Waals surface area contributed by atoms with Crippen molar-refractivity contribution in [3.05, 3.63) is 86.0 Å². The number of amides is 1. The maximum absolute atomic E-state index is 13.1. The van der Waals surface area contributed by atoms with Crippen molar-refractivity contribution in [2.45, 2.75) is 20.4 Å². The molecule has 0 saturated carbocycles. The standard InChI is InChI=1S/C24H19BrN2O4S2/c1-13-9-16(14(2)27(13)17-7-8-20(28)18(11-17)23(30)31)10-21-22(29)26(24(32)33-21)12-15-5-3-4-6-19(15)25/h3-11,28H,12H2,1-2H3,(H,30,31)/b21-10-. The van der Waals surface area contributed by atoms with Crippen LogP contribution in [-0.2, 0) is 11.3 Å². The zero-order valence-electron chi connectivity index (χ0n) is 17.7. The van der Waals surface area contributed by atoms with Gasteiger partial charge >= 0.3 is 5.97 Å². The van der Waals surface area contributed by atoms with E-state index in [1.807, 2.05) is 54.8 Å². The van der Waals surface area contributed by atoms with Crippen LogP contribution in [0, 0.1) is 13.8 Å². The predicted octanol–water partition coefficient (Wildman–Crippen LogP) is 5.66. The number of hydrogen-bond acceptors (Lipinski definition) is 5. The Balaban J connectivity index is 1.66. The monoisotopic (exact) mass is 542 g/mol. The van der Waals surface area contributed by atoms with Gasteiger partial charge in [-0.2, -0.15) is 0 Å². The molecule has 1 aliphatic heterocycles. The van der Waals surface area contributed by atoms with Crippen LogP contribution in [0.3, 0.4) is 0 Å². The highest BCUT2D eigenvalue weighted by Gasteiger charge is 2.32. The second-order valence-corrected chi connectivity index (χ2v) is 10.1. The number of rotatable bonds is 5. The highest BCUT2D eigenvalue weighted by Crippen LogP contribution is 2.36. The number of thiocarbonyl (C=S) groups is 1. The summed E-state index contributed by atoms with van der Waals surface area (Å²) in [5.74, 6) is -1.64. The summed E-state index contributed by atoms with van der Waals surface area (Å²) < 4.78 is 3.31. The van der Waals surface area contributed by atoms with Crippen LogP contribution < -0.4 is 0 Å². The topological polar surface area (TPSA) is 82.8 Å². The van der Waals surface area contributed by atoms with Crippen molar-refractivity contribution in [1.82, 2.24) is 9.47 Å². The number of carbonyl (C=O) groups excluding carboxylic acids is 1. The molecule has 4 rings (SSSR count). The van der Waals surface area contributed by atoms with Gasteiger partial charge < -0.3 is 14.8 Å². The minimum atomic E-state index is -1.20. The molecular formula is C24H19BrN2O4S2. The number of carbonyl (C=O) groups is 2. The van der Waals surface area contributed by atoms with Crippen molar-refractivity contribution in [3.63, 3.8) is 0 Å². The summed E-state index contributed by atoms with van der Waals surface area (Å²) in [6.45, 7) is 4.18. The third kappa shape index (κ3) is 4.48. The lowest BCUT2D eigenvalue weighted by atomic mass is 10.1. The summed E-state index contributed by atoms with van der Waals surface area (Å²) in [5.41, 5.74) is 3.94. The van der Waals surface area contributed by atoms with Crippen LogP contribution in [0.2, 0.25) is 0 Å². The third-order valence-electron chi connectivity index (χ3n) is 5.39. The maximum Gasteiger partial charge on any atom is 0.339 e. The molecule has 2 aromatic carbocycles. The number of aromatic nitrogens is 1. The molecule has 1 saturated heterocycles. The lowest BCUT2D eigenvalue weighted by molar-refractivity contribution is -0.122. The quantitative estimate of drug-likeness (QED) is 0.319. The van der Waals surface area contributed by atoms with E-state index in [1.54, 1.807) is 11.0 Å². The Bertz CT molecular complexity index is 1350. The average Bonchev–Trinajstić information content (AvgIpc) is 3.19. The fourth-order valence-electron chi connectivity index (χ4n) is 3.74. The Kier molecular flexibility index (Phi) is 6.47. The molecule has 1 fully saturated rings. The second-order valence-electron chi connectivity index (χ2n) is 7.53. The lowest BCUT2D eigenvalue weighted by Gasteiger charge is -2.15. The lowest BCUT2D eigenvalue weighted by Crippen LogP contribution is -2.27. The first-order valence-corrected chi connectivity index (χ1v) is 11.9. The van der Waals surface area contributed by atoms with Gasteiger partial charge in [0, 0.05) is 21.5 Å². The van der Waals surface area contributed by atoms with Gasteiger partial charge in [-0.25, -0.2) is 4.79 Å². The van der Waals surface area contributed by atoms with E-state index in [9.17, 15) is 19.8 Å². The van der Waals surface area contributed by atoms with Gasteiger partial charge in [-0.15, -0.1) is 0 Å². The van der Waals surface area contributed by atoms with Crippen molar-refractivity contribution in [2.24, 2.45) is 0 Å². The van der Waals surface area contributed by atoms with Gasteiger partial charge in [-0.1, -0.05) is 58.1 Å². The number of thioether (sulfide) groups is 1. The predicted molar refractivity (Wildman–Crippen MR) is 137 cm³/mol. The number of carboxylic acids is 1. The molecule has 0 aliphatic carbocycles. The Morgan fingerprint density at radius 2 is 1.91 bits per heavy atom. The molecule has 1 aliphatic rings. The number of phenols is 1. The van der Waals surface area contributed by atoms with E-state index in [1.165, 1.54) is 23.9 Å². The van der Waals surface area contributed by atoms with Gasteiger partial charge in [0.2, 0.25) is 0 Å². The van der Waals surface area contributed by atoms with Gasteiger partial charge in [-0.3, -0.25) is 9.69 Å². The summed E-state index contributed by atoms with van der Waals surface area (Å²) in [6, 6.07) is 14.1. The first kappa shape index (κ1) is 23.3. The van der Waals surface area contributed by atoms with Crippen LogP contribution in [0.15, 0.2) is 57.9 Å². The van der Waals surface area contributed by atoms with Crippen LogP contribution >= 0.6 is 39.9 Å². The molecule has 0 bridgehead atoms. The number of aromatic carboxylic acids is 1. The summed E-state index contributed by atoms with van der Waals surface area (Å²) in [6.07, 6.45) is 1.82. The summed E-state index contributed by atoms with van der Waals surface area (Å²) in [7, 11) is 0. The number of halogens is 1. The van der Waals surface area contributed by atoms with Gasteiger partial charge in [0.05, 0.1) is 11.4 Å². The van der Waals surface area contributed by atoms with Crippen molar-refractivity contribution in [2.75, 3.05) is 0 Å². The Morgan fingerprint density at radius 3 is 2.61 bits per heavy atom. The Morgan fingerprint density at radius 1 is 1.18 bits per heavy atom. The van der Waals surface area contributed by atoms with Gasteiger partial charge in [-0.05, 0) is 61.4 Å². The molecule has 0 atom stereocenters. The first-order valence-electron chi connectivity index (χ1n) is 9.91. The molecular weight excluding hydrogens is 524 g/mol. The number of aryl methyl sites for hydroxylation is 1. The summed E-state index contributed by atoms with van der Waals surface area (Å²) >= 11 is 10.3. The summed E-state index contributed by atoms with van der Waals surface area (Å²) in [4.78, 5) is 26.6. The Labute approximate surface area is 208 Å². The molecule has 9 heteroatoms. The van der Waals surface area contributed by atoms with Crippen molar-refractivity contribution in [3.8, 4) is 11.4 Å². The third-order valence-corrected chi connectivity index (χ3v) is 7.54. The van der Waals surface area contributed by atoms with E-state index in [0.717, 1.165) is 27.0 Å². The number of carboxylic acid groups (broad SMARTS) is 1. The normalized spacial score (nSPS) is 15.0. The van der Waals surface area contributed by atoms with Crippen molar-refractivity contribution >= 4 is 62.2 Å². The highest BCUT2D eigenvalue weighted by molar-refractivity contribution is 9.10. The zero-order valence-corrected chi connectivity index (χ0v) is 20.9. The smallest absolute Gasteiger partial charge is 0.339 e. The molecule has 3 aromatic rings. The van der Waals surface area contributed by atoms with E-state index in [4.69, 9.17) is 12.2 Å². The number of benzene rings is 2. The minimum absolute atomic E-state index is 0.150.